The highest BCUT2D eigenvalue weighted by atomic mass is 35.5. The molecule has 2 aromatic rings. The minimum absolute atomic E-state index is 0.0220. The first-order valence-corrected chi connectivity index (χ1v) is 13.3. The number of ketones is 1. The predicted octanol–water partition coefficient (Wildman–Crippen LogP) is 6.29. The smallest absolute Gasteiger partial charge is 0.337 e. The van der Waals surface area contributed by atoms with E-state index in [4.69, 9.17) is 21.1 Å². The number of carbonyl (C=O) groups excluding carboxylic acids is 2. The van der Waals surface area contributed by atoms with E-state index in [1.807, 2.05) is 37.3 Å². The number of hydrogen-bond donors (Lipinski definition) is 2. The number of nitrogens with one attached hydrogen (secondary N) is 1. The zero-order valence-electron chi connectivity index (χ0n) is 21.2. The molecule has 2 aliphatic carbocycles. The molecular weight excluding hydrogens is 490 g/mol. The topological polar surface area (TPSA) is 84.9 Å². The highest BCUT2D eigenvalue weighted by Crippen LogP contribution is 2.48. The van der Waals surface area contributed by atoms with Crippen molar-refractivity contribution >= 4 is 23.4 Å². The third-order valence-corrected chi connectivity index (χ3v) is 8.04. The summed E-state index contributed by atoms with van der Waals surface area (Å²) in [5.41, 5.74) is 4.14. The molecule has 7 heteroatoms. The van der Waals surface area contributed by atoms with Crippen molar-refractivity contribution in [1.82, 2.24) is 5.32 Å². The average Bonchev–Trinajstić information content (AvgIpc) is 2.90. The quantitative estimate of drug-likeness (QED) is 0.450. The Morgan fingerprint density at radius 2 is 1.78 bits per heavy atom. The maximum atomic E-state index is 13.8. The molecule has 6 nitrogen and oxygen atoms in total. The van der Waals surface area contributed by atoms with Gasteiger partial charge in [-0.15, -0.1) is 0 Å². The Labute approximate surface area is 222 Å². The normalized spacial score (nSPS) is 22.4. The average molecular weight is 522 g/mol. The van der Waals surface area contributed by atoms with Crippen molar-refractivity contribution in [1.29, 1.82) is 0 Å². The molecule has 1 saturated carbocycles. The second-order valence-electron chi connectivity index (χ2n) is 10.1. The molecule has 37 heavy (non-hydrogen) atoms. The minimum Gasteiger partial charge on any atom is -0.503 e. The van der Waals surface area contributed by atoms with Crippen LogP contribution >= 0.6 is 11.6 Å². The molecule has 1 fully saturated rings. The van der Waals surface area contributed by atoms with Crippen LogP contribution in [0.25, 0.3) is 0 Å². The molecule has 1 aliphatic heterocycles. The van der Waals surface area contributed by atoms with Crippen molar-refractivity contribution in [2.75, 3.05) is 7.11 Å². The van der Waals surface area contributed by atoms with Crippen molar-refractivity contribution in [2.45, 2.75) is 69.8 Å². The molecular formula is C30H32ClNO5. The lowest BCUT2D eigenvalue weighted by molar-refractivity contribution is -0.146. The second-order valence-corrected chi connectivity index (χ2v) is 10.6. The minimum atomic E-state index is -0.677. The fourth-order valence-electron chi connectivity index (χ4n) is 5.92. The van der Waals surface area contributed by atoms with Crippen molar-refractivity contribution in [2.24, 2.45) is 0 Å². The van der Waals surface area contributed by atoms with Crippen LogP contribution < -0.4 is 10.1 Å². The van der Waals surface area contributed by atoms with Crippen molar-refractivity contribution in [3.8, 4) is 11.5 Å². The van der Waals surface area contributed by atoms with Gasteiger partial charge < -0.3 is 19.9 Å². The van der Waals surface area contributed by atoms with Gasteiger partial charge in [-0.2, -0.15) is 0 Å². The van der Waals surface area contributed by atoms with Gasteiger partial charge in [-0.25, -0.2) is 4.79 Å². The zero-order valence-corrected chi connectivity index (χ0v) is 21.9. The van der Waals surface area contributed by atoms with Gasteiger partial charge in [-0.1, -0.05) is 48.4 Å². The fraction of sp³-hybridized carbons (Fsp3) is 0.400. The van der Waals surface area contributed by atoms with E-state index in [2.05, 4.69) is 5.32 Å². The summed E-state index contributed by atoms with van der Waals surface area (Å²) < 4.78 is 11.3. The van der Waals surface area contributed by atoms with Crippen LogP contribution in [0.2, 0.25) is 5.02 Å². The molecule has 3 aliphatic rings. The van der Waals surface area contributed by atoms with E-state index in [9.17, 15) is 14.7 Å². The van der Waals surface area contributed by atoms with Crippen molar-refractivity contribution in [3.05, 3.63) is 81.2 Å². The van der Waals surface area contributed by atoms with E-state index in [0.29, 0.717) is 35.2 Å². The maximum absolute atomic E-state index is 13.8. The molecule has 194 valence electrons. The molecule has 0 unspecified atom stereocenters. The number of dihydropyridines is 1. The van der Waals surface area contributed by atoms with Crippen LogP contribution in [0.1, 0.15) is 74.8 Å². The molecule has 5 rings (SSSR count). The van der Waals surface area contributed by atoms with E-state index in [0.717, 1.165) is 43.4 Å². The Bertz CT molecular complexity index is 1280. The predicted molar refractivity (Wildman–Crippen MR) is 142 cm³/mol. The molecule has 0 saturated heterocycles. The van der Waals surface area contributed by atoms with Crippen LogP contribution in [0.15, 0.2) is 65.0 Å². The number of Topliss-reactive ketones (excluding diaryl/α,β-unsaturated/α-hetero) is 1. The van der Waals surface area contributed by atoms with Gasteiger partial charge in [-0.05, 0) is 68.2 Å². The van der Waals surface area contributed by atoms with Crippen LogP contribution in [0.5, 0.6) is 11.5 Å². The van der Waals surface area contributed by atoms with Gasteiger partial charge in [0.2, 0.25) is 0 Å². The van der Waals surface area contributed by atoms with Gasteiger partial charge in [0.1, 0.15) is 6.10 Å². The molecule has 0 bridgehead atoms. The van der Waals surface area contributed by atoms with E-state index in [1.54, 1.807) is 12.1 Å². The number of phenols is 1. The van der Waals surface area contributed by atoms with Gasteiger partial charge >= 0.3 is 5.97 Å². The molecule has 2 atom stereocenters. The van der Waals surface area contributed by atoms with E-state index < -0.39 is 11.9 Å². The van der Waals surface area contributed by atoms with Crippen molar-refractivity contribution in [3.63, 3.8) is 0 Å². The summed E-state index contributed by atoms with van der Waals surface area (Å²) in [6.07, 6.45) is 5.79. The number of esters is 1. The number of ether oxygens (including phenoxy) is 2. The number of aromatic hydroxyl groups is 1. The lowest BCUT2D eigenvalue weighted by Crippen LogP contribution is -2.37. The van der Waals surface area contributed by atoms with E-state index >= 15 is 0 Å². The highest BCUT2D eigenvalue weighted by molar-refractivity contribution is 6.32. The van der Waals surface area contributed by atoms with Crippen LogP contribution in [-0.2, 0) is 14.3 Å². The fourth-order valence-corrected chi connectivity index (χ4v) is 6.14. The van der Waals surface area contributed by atoms with Crippen LogP contribution in [0, 0.1) is 0 Å². The lowest BCUT2D eigenvalue weighted by Gasteiger charge is -2.37. The summed E-state index contributed by atoms with van der Waals surface area (Å²) in [6.45, 7) is 1.85. The van der Waals surface area contributed by atoms with Gasteiger partial charge in [0.25, 0.3) is 0 Å². The molecule has 2 aromatic carbocycles. The summed E-state index contributed by atoms with van der Waals surface area (Å²) in [5.74, 6) is -1.07. The summed E-state index contributed by atoms with van der Waals surface area (Å²) in [4.78, 5) is 27.4. The summed E-state index contributed by atoms with van der Waals surface area (Å²) in [7, 11) is 1.44. The van der Waals surface area contributed by atoms with Crippen LogP contribution in [0.4, 0.5) is 0 Å². The first-order valence-electron chi connectivity index (χ1n) is 12.9. The number of benzene rings is 2. The molecule has 0 amide bonds. The largest absolute Gasteiger partial charge is 0.503 e. The highest BCUT2D eigenvalue weighted by Gasteiger charge is 2.42. The monoisotopic (exact) mass is 521 g/mol. The number of halogens is 1. The van der Waals surface area contributed by atoms with E-state index in [1.165, 1.54) is 7.11 Å². The van der Waals surface area contributed by atoms with Crippen LogP contribution in [-0.4, -0.2) is 30.1 Å². The summed E-state index contributed by atoms with van der Waals surface area (Å²) in [6, 6.07) is 13.3. The Morgan fingerprint density at radius 1 is 1.05 bits per heavy atom. The molecule has 0 aromatic heterocycles. The van der Waals surface area contributed by atoms with Gasteiger partial charge in [0.05, 0.1) is 17.7 Å². The van der Waals surface area contributed by atoms with Gasteiger partial charge in [0, 0.05) is 29.3 Å². The second kappa shape index (κ2) is 10.6. The Kier molecular flexibility index (Phi) is 7.29. The van der Waals surface area contributed by atoms with Crippen LogP contribution in [0.3, 0.4) is 0 Å². The lowest BCUT2D eigenvalue weighted by atomic mass is 9.71. The molecule has 0 spiro atoms. The Balaban J connectivity index is 1.58. The maximum Gasteiger partial charge on any atom is 0.337 e. The third-order valence-electron chi connectivity index (χ3n) is 7.75. The number of hydrogen-bond acceptors (Lipinski definition) is 6. The van der Waals surface area contributed by atoms with E-state index in [-0.39, 0.29) is 34.3 Å². The first kappa shape index (κ1) is 25.4. The number of allylic oxidation sites excluding steroid dienone is 3. The SMILES string of the molecule is COc1cc([C@H]2C(C(=O)OC3CCCCC3)=C(C)NC3=C2C(=O)C[C@@H](c2ccccc2)C3)cc(Cl)c1O. The molecule has 1 heterocycles. The zero-order chi connectivity index (χ0) is 26.1. The summed E-state index contributed by atoms with van der Waals surface area (Å²) in [5, 5.41) is 13.8. The standard InChI is InChI=1S/C30H32ClNO5/c1-17-26(30(35)37-21-11-7-4-8-12-21)27(20-13-22(31)29(34)25(16-20)36-2)28-23(32-17)14-19(15-24(28)33)18-9-5-3-6-10-18/h3,5-6,9-10,13,16,19,21,27,32,34H,4,7-8,11-12,14-15H2,1-2H3/t19-,27-/m0/s1. The van der Waals surface area contributed by atoms with Gasteiger partial charge in [-0.3, -0.25) is 4.79 Å². The first-order chi connectivity index (χ1) is 17.9. The molecule has 0 radical (unpaired) electrons. The number of methoxy groups -OCH3 is 1. The summed E-state index contributed by atoms with van der Waals surface area (Å²) >= 11 is 6.37. The molecule has 2 N–H and O–H groups in total. The Morgan fingerprint density at radius 3 is 2.49 bits per heavy atom. The number of rotatable bonds is 5. The van der Waals surface area contributed by atoms with Crippen molar-refractivity contribution < 1.29 is 24.2 Å². The number of phenolic OH excluding ortho intramolecular Hbond substituents is 1. The third kappa shape index (κ3) is 4.99. The number of carbonyl (C=O) groups is 2. The Hall–Kier alpha value is -3.25. The van der Waals surface area contributed by atoms with Gasteiger partial charge in [0.15, 0.2) is 17.3 Å².